The SMILES string of the molecule is Cc1cc(C(=O)OCC(=O)NC(C)CCc2ccccc2)c(C)o1. The van der Waals surface area contributed by atoms with Crippen molar-refractivity contribution in [3.8, 4) is 0 Å². The summed E-state index contributed by atoms with van der Waals surface area (Å²) in [5.41, 5.74) is 1.59. The van der Waals surface area contributed by atoms with Crippen molar-refractivity contribution >= 4 is 11.9 Å². The lowest BCUT2D eigenvalue weighted by molar-refractivity contribution is -0.124. The van der Waals surface area contributed by atoms with Crippen molar-refractivity contribution in [2.75, 3.05) is 6.61 Å². The Kier molecular flexibility index (Phi) is 6.18. The second-order valence-electron chi connectivity index (χ2n) is 5.90. The molecule has 1 N–H and O–H groups in total. The highest BCUT2D eigenvalue weighted by molar-refractivity contribution is 5.92. The van der Waals surface area contributed by atoms with Crippen LogP contribution in [0.2, 0.25) is 0 Å². The maximum atomic E-state index is 11.9. The third-order valence-electron chi connectivity index (χ3n) is 3.71. The Labute approximate surface area is 142 Å². The quantitative estimate of drug-likeness (QED) is 0.792. The van der Waals surface area contributed by atoms with Gasteiger partial charge >= 0.3 is 5.97 Å². The minimum absolute atomic E-state index is 0.00862. The Morgan fingerprint density at radius 3 is 2.54 bits per heavy atom. The van der Waals surface area contributed by atoms with Gasteiger partial charge in [0, 0.05) is 6.04 Å². The van der Waals surface area contributed by atoms with Crippen LogP contribution in [-0.2, 0) is 16.0 Å². The van der Waals surface area contributed by atoms with Gasteiger partial charge in [0.2, 0.25) is 0 Å². The summed E-state index contributed by atoms with van der Waals surface area (Å²) in [6.45, 7) is 5.09. The van der Waals surface area contributed by atoms with Crippen molar-refractivity contribution in [2.24, 2.45) is 0 Å². The van der Waals surface area contributed by atoms with E-state index in [-0.39, 0.29) is 18.6 Å². The van der Waals surface area contributed by atoms with Crippen LogP contribution in [0, 0.1) is 13.8 Å². The fraction of sp³-hybridized carbons (Fsp3) is 0.368. The zero-order chi connectivity index (χ0) is 17.5. The maximum Gasteiger partial charge on any atom is 0.342 e. The van der Waals surface area contributed by atoms with Gasteiger partial charge < -0.3 is 14.5 Å². The molecule has 2 aromatic rings. The summed E-state index contributed by atoms with van der Waals surface area (Å²) in [5, 5.41) is 2.84. The van der Waals surface area contributed by atoms with Crippen LogP contribution >= 0.6 is 0 Å². The maximum absolute atomic E-state index is 11.9. The molecule has 1 heterocycles. The Balaban J connectivity index is 1.72. The Hall–Kier alpha value is -2.56. The lowest BCUT2D eigenvalue weighted by atomic mass is 10.1. The number of rotatable bonds is 7. The van der Waals surface area contributed by atoms with Gasteiger partial charge in [-0.15, -0.1) is 0 Å². The Morgan fingerprint density at radius 1 is 1.21 bits per heavy atom. The molecule has 2 rings (SSSR count). The normalized spacial score (nSPS) is 11.8. The molecule has 0 radical (unpaired) electrons. The number of furan rings is 1. The smallest absolute Gasteiger partial charge is 0.342 e. The Morgan fingerprint density at radius 2 is 1.92 bits per heavy atom. The van der Waals surface area contributed by atoms with Crippen LogP contribution in [0.4, 0.5) is 0 Å². The molecule has 1 unspecified atom stereocenters. The van der Waals surface area contributed by atoms with Crippen LogP contribution in [0.1, 0.15) is 40.8 Å². The molecule has 0 aliphatic rings. The molecule has 1 aromatic carbocycles. The number of esters is 1. The molecule has 0 aliphatic heterocycles. The number of nitrogens with one attached hydrogen (secondary N) is 1. The first-order chi connectivity index (χ1) is 11.5. The monoisotopic (exact) mass is 329 g/mol. The van der Waals surface area contributed by atoms with Crippen molar-refractivity contribution in [3.05, 3.63) is 59.0 Å². The van der Waals surface area contributed by atoms with Crippen molar-refractivity contribution < 1.29 is 18.7 Å². The molecule has 0 spiro atoms. The molecule has 5 heteroatoms. The summed E-state index contributed by atoms with van der Waals surface area (Å²) < 4.78 is 10.3. The number of ether oxygens (including phenoxy) is 1. The first-order valence-corrected chi connectivity index (χ1v) is 8.03. The van der Waals surface area contributed by atoms with E-state index in [1.54, 1.807) is 19.9 Å². The van der Waals surface area contributed by atoms with E-state index in [9.17, 15) is 9.59 Å². The molecule has 24 heavy (non-hydrogen) atoms. The zero-order valence-electron chi connectivity index (χ0n) is 14.3. The summed E-state index contributed by atoms with van der Waals surface area (Å²) >= 11 is 0. The van der Waals surface area contributed by atoms with E-state index < -0.39 is 5.97 Å². The summed E-state index contributed by atoms with van der Waals surface area (Å²) in [4.78, 5) is 23.8. The molecular weight excluding hydrogens is 306 g/mol. The molecular formula is C19H23NO4. The van der Waals surface area contributed by atoms with Gasteiger partial charge in [0.1, 0.15) is 17.1 Å². The largest absolute Gasteiger partial charge is 0.466 e. The zero-order valence-corrected chi connectivity index (χ0v) is 14.3. The third-order valence-corrected chi connectivity index (χ3v) is 3.71. The lowest BCUT2D eigenvalue weighted by Crippen LogP contribution is -2.36. The fourth-order valence-corrected chi connectivity index (χ4v) is 2.46. The third kappa shape index (κ3) is 5.26. The first-order valence-electron chi connectivity index (χ1n) is 8.03. The van der Waals surface area contributed by atoms with Gasteiger partial charge in [-0.05, 0) is 45.2 Å². The molecule has 1 atom stereocenters. The van der Waals surface area contributed by atoms with Crippen LogP contribution in [0.15, 0.2) is 40.8 Å². The Bertz CT molecular complexity index is 691. The minimum atomic E-state index is -0.545. The van der Waals surface area contributed by atoms with Crippen LogP contribution in [0.3, 0.4) is 0 Å². The van der Waals surface area contributed by atoms with Crippen molar-refractivity contribution in [1.82, 2.24) is 5.32 Å². The average Bonchev–Trinajstić information content (AvgIpc) is 2.90. The van der Waals surface area contributed by atoms with Crippen molar-refractivity contribution in [2.45, 2.75) is 39.7 Å². The van der Waals surface area contributed by atoms with Gasteiger partial charge in [0.15, 0.2) is 6.61 Å². The van der Waals surface area contributed by atoms with E-state index in [1.165, 1.54) is 5.56 Å². The van der Waals surface area contributed by atoms with Gasteiger partial charge in [-0.3, -0.25) is 4.79 Å². The summed E-state index contributed by atoms with van der Waals surface area (Å²) in [5.74, 6) is 0.283. The van der Waals surface area contributed by atoms with Crippen LogP contribution < -0.4 is 5.32 Å². The lowest BCUT2D eigenvalue weighted by Gasteiger charge is -2.14. The number of hydrogen-bond donors (Lipinski definition) is 1. The molecule has 0 aliphatic carbocycles. The number of aryl methyl sites for hydroxylation is 3. The van der Waals surface area contributed by atoms with E-state index in [4.69, 9.17) is 9.15 Å². The second kappa shape index (κ2) is 8.34. The van der Waals surface area contributed by atoms with Crippen molar-refractivity contribution in [3.63, 3.8) is 0 Å². The topological polar surface area (TPSA) is 68.5 Å². The second-order valence-corrected chi connectivity index (χ2v) is 5.90. The number of amides is 1. The molecule has 5 nitrogen and oxygen atoms in total. The predicted octanol–water partition coefficient (Wildman–Crippen LogP) is 3.19. The molecule has 0 fully saturated rings. The molecule has 1 aromatic heterocycles. The van der Waals surface area contributed by atoms with E-state index in [2.05, 4.69) is 17.4 Å². The van der Waals surface area contributed by atoms with Crippen LogP contribution in [0.5, 0.6) is 0 Å². The minimum Gasteiger partial charge on any atom is -0.466 e. The number of carbonyl (C=O) groups is 2. The molecule has 0 saturated carbocycles. The fourth-order valence-electron chi connectivity index (χ4n) is 2.46. The molecule has 0 bridgehead atoms. The summed E-state index contributed by atoms with van der Waals surface area (Å²) in [6.07, 6.45) is 1.71. The molecule has 1 amide bonds. The van der Waals surface area contributed by atoms with Gasteiger partial charge in [-0.1, -0.05) is 30.3 Å². The van der Waals surface area contributed by atoms with Gasteiger partial charge in [0.05, 0.1) is 0 Å². The summed E-state index contributed by atoms with van der Waals surface area (Å²) in [7, 11) is 0. The highest BCUT2D eigenvalue weighted by Gasteiger charge is 2.17. The highest BCUT2D eigenvalue weighted by Crippen LogP contribution is 2.14. The number of carbonyl (C=O) groups excluding carboxylic acids is 2. The number of benzene rings is 1. The summed E-state index contributed by atoms with van der Waals surface area (Å²) in [6, 6.07) is 11.7. The number of hydrogen-bond acceptors (Lipinski definition) is 4. The molecule has 0 saturated heterocycles. The predicted molar refractivity (Wildman–Crippen MR) is 90.8 cm³/mol. The highest BCUT2D eigenvalue weighted by atomic mass is 16.5. The van der Waals surface area contributed by atoms with E-state index >= 15 is 0 Å². The standard InChI is InChI=1S/C19H23NO4/c1-13(9-10-16-7-5-4-6-8-16)20-18(21)12-23-19(22)17-11-14(2)24-15(17)3/h4-8,11,13H,9-10,12H2,1-3H3,(H,20,21). The van der Waals surface area contributed by atoms with Crippen molar-refractivity contribution in [1.29, 1.82) is 0 Å². The van der Waals surface area contributed by atoms with Gasteiger partial charge in [-0.2, -0.15) is 0 Å². The van der Waals surface area contributed by atoms with Gasteiger partial charge in [0.25, 0.3) is 5.91 Å². The van der Waals surface area contributed by atoms with Crippen LogP contribution in [0.25, 0.3) is 0 Å². The van der Waals surface area contributed by atoms with E-state index in [1.807, 2.05) is 25.1 Å². The molecule has 128 valence electrons. The first kappa shape index (κ1) is 17.8. The van der Waals surface area contributed by atoms with Crippen LogP contribution in [-0.4, -0.2) is 24.5 Å². The average molecular weight is 329 g/mol. The van der Waals surface area contributed by atoms with E-state index in [0.29, 0.717) is 17.1 Å². The van der Waals surface area contributed by atoms with E-state index in [0.717, 1.165) is 12.8 Å². The van der Waals surface area contributed by atoms with Gasteiger partial charge in [-0.25, -0.2) is 4.79 Å².